The van der Waals surface area contributed by atoms with Crippen LogP contribution in [0.1, 0.15) is 49.2 Å². The minimum Gasteiger partial charge on any atom is -0.349 e. The monoisotopic (exact) mass is 293 g/mol. The second kappa shape index (κ2) is 7.24. The largest absolute Gasteiger partial charge is 0.349 e. The van der Waals surface area contributed by atoms with Crippen LogP contribution < -0.4 is 5.32 Å². The number of hydrogen-bond donors (Lipinski definition) is 1. The van der Waals surface area contributed by atoms with Crippen LogP contribution in [0, 0.1) is 0 Å². The van der Waals surface area contributed by atoms with Gasteiger partial charge in [-0.3, -0.25) is 4.79 Å². The van der Waals surface area contributed by atoms with Crippen molar-refractivity contribution in [3.05, 3.63) is 20.3 Å². The van der Waals surface area contributed by atoms with Crippen molar-refractivity contribution in [2.75, 3.05) is 0 Å². The molecule has 0 aliphatic carbocycles. The molecule has 96 valence electrons. The summed E-state index contributed by atoms with van der Waals surface area (Å²) in [5, 5.41) is 5.52. The first kappa shape index (κ1) is 14.8. The van der Waals surface area contributed by atoms with Gasteiger partial charge in [0.25, 0.3) is 5.91 Å². The first-order chi connectivity index (χ1) is 8.10. The van der Waals surface area contributed by atoms with Crippen LogP contribution in [0.5, 0.6) is 0 Å². The molecule has 1 amide bonds. The predicted octanol–water partition coefficient (Wildman–Crippen LogP) is 4.75. The molecule has 0 spiro atoms. The smallest absolute Gasteiger partial charge is 0.263 e. The van der Waals surface area contributed by atoms with Gasteiger partial charge in [-0.25, -0.2) is 0 Å². The molecular weight excluding hydrogens is 277 g/mol. The molecule has 0 radical (unpaired) electrons. The van der Waals surface area contributed by atoms with E-state index in [0.29, 0.717) is 14.9 Å². The van der Waals surface area contributed by atoms with Crippen LogP contribution in [0.25, 0.3) is 0 Å². The van der Waals surface area contributed by atoms with Crippen molar-refractivity contribution in [3.63, 3.8) is 0 Å². The minimum atomic E-state index is -0.112. The minimum absolute atomic E-state index is 0.112. The topological polar surface area (TPSA) is 29.1 Å². The fourth-order valence-corrected chi connectivity index (χ4v) is 3.05. The highest BCUT2D eigenvalue weighted by Gasteiger charge is 2.18. The first-order valence-corrected chi connectivity index (χ1v) is 7.47. The van der Waals surface area contributed by atoms with E-state index >= 15 is 0 Å². The number of hydrogen-bond acceptors (Lipinski definition) is 2. The molecule has 0 saturated carbocycles. The van der Waals surface area contributed by atoms with E-state index in [1.54, 1.807) is 5.38 Å². The van der Waals surface area contributed by atoms with Gasteiger partial charge in [0, 0.05) is 11.4 Å². The maximum Gasteiger partial charge on any atom is 0.263 e. The Bertz CT molecular complexity index is 373. The molecule has 17 heavy (non-hydrogen) atoms. The zero-order chi connectivity index (χ0) is 12.8. The van der Waals surface area contributed by atoms with Crippen LogP contribution in [0.15, 0.2) is 5.38 Å². The number of nitrogens with one attached hydrogen (secondary N) is 1. The summed E-state index contributed by atoms with van der Waals surface area (Å²) in [4.78, 5) is 12.5. The molecule has 1 N–H and O–H groups in total. The Hall–Kier alpha value is -0.250. The molecule has 0 aliphatic heterocycles. The molecule has 1 aromatic heterocycles. The fourth-order valence-electron chi connectivity index (χ4n) is 1.71. The Balaban J connectivity index is 2.66. The highest BCUT2D eigenvalue weighted by Crippen LogP contribution is 2.31. The third-order valence-electron chi connectivity index (χ3n) is 2.51. The van der Waals surface area contributed by atoms with Gasteiger partial charge in [-0.1, -0.05) is 49.9 Å². The second-order valence-electron chi connectivity index (χ2n) is 3.97. The summed E-state index contributed by atoms with van der Waals surface area (Å²) in [6.45, 7) is 4.23. The van der Waals surface area contributed by atoms with Crippen molar-refractivity contribution >= 4 is 40.4 Å². The summed E-state index contributed by atoms with van der Waals surface area (Å²) in [7, 11) is 0. The molecule has 2 nitrogen and oxygen atoms in total. The summed E-state index contributed by atoms with van der Waals surface area (Å²) < 4.78 is 0. The molecule has 0 aliphatic rings. The average molecular weight is 294 g/mol. The summed E-state index contributed by atoms with van der Waals surface area (Å²) in [6.07, 6.45) is 4.11. The summed E-state index contributed by atoms with van der Waals surface area (Å²) in [5.41, 5.74) is 0. The van der Waals surface area contributed by atoms with Gasteiger partial charge in [0.05, 0.1) is 10.0 Å². The Morgan fingerprint density at radius 2 is 1.94 bits per heavy atom. The van der Waals surface area contributed by atoms with Crippen LogP contribution in [-0.4, -0.2) is 11.9 Å². The van der Waals surface area contributed by atoms with Gasteiger partial charge in [0.2, 0.25) is 0 Å². The van der Waals surface area contributed by atoms with E-state index in [4.69, 9.17) is 23.2 Å². The number of carbonyl (C=O) groups is 1. The van der Waals surface area contributed by atoms with Crippen LogP contribution in [0.2, 0.25) is 10.0 Å². The van der Waals surface area contributed by atoms with E-state index in [1.807, 2.05) is 0 Å². The lowest BCUT2D eigenvalue weighted by molar-refractivity contribution is 0.0937. The van der Waals surface area contributed by atoms with E-state index in [2.05, 4.69) is 19.2 Å². The van der Waals surface area contributed by atoms with Crippen molar-refractivity contribution in [2.45, 2.75) is 45.6 Å². The average Bonchev–Trinajstić information content (AvgIpc) is 2.60. The molecule has 0 unspecified atom stereocenters. The quantitative estimate of drug-likeness (QED) is 0.805. The van der Waals surface area contributed by atoms with Crippen molar-refractivity contribution < 1.29 is 4.79 Å². The summed E-state index contributed by atoms with van der Waals surface area (Å²) >= 11 is 13.1. The van der Waals surface area contributed by atoms with Gasteiger partial charge in [-0.15, -0.1) is 11.3 Å². The number of carbonyl (C=O) groups excluding carboxylic acids is 1. The highest BCUT2D eigenvalue weighted by molar-refractivity contribution is 7.13. The summed E-state index contributed by atoms with van der Waals surface area (Å²) in [5.74, 6) is -0.112. The van der Waals surface area contributed by atoms with E-state index in [0.717, 1.165) is 25.7 Å². The lowest BCUT2D eigenvalue weighted by Gasteiger charge is -2.16. The third-order valence-corrected chi connectivity index (χ3v) is 4.51. The van der Waals surface area contributed by atoms with Crippen LogP contribution in [0.4, 0.5) is 0 Å². The standard InChI is InChI=1S/C12H17Cl2NOS/c1-3-5-8(6-4-2)15-12(16)11-10(14)9(13)7-17-11/h7-8H,3-6H2,1-2H3,(H,15,16). The molecular formula is C12H17Cl2NOS. The van der Waals surface area contributed by atoms with Gasteiger partial charge >= 0.3 is 0 Å². The highest BCUT2D eigenvalue weighted by atomic mass is 35.5. The molecule has 1 heterocycles. The maximum absolute atomic E-state index is 12.0. The first-order valence-electron chi connectivity index (χ1n) is 5.83. The van der Waals surface area contributed by atoms with E-state index in [9.17, 15) is 4.79 Å². The molecule has 1 rings (SSSR count). The number of thiophene rings is 1. The molecule has 5 heteroatoms. The van der Waals surface area contributed by atoms with Crippen molar-refractivity contribution in [1.82, 2.24) is 5.32 Å². The molecule has 0 bridgehead atoms. The molecule has 0 fully saturated rings. The zero-order valence-electron chi connectivity index (χ0n) is 10.1. The normalized spacial score (nSPS) is 10.9. The van der Waals surface area contributed by atoms with Crippen molar-refractivity contribution in [1.29, 1.82) is 0 Å². The Labute approximate surface area is 116 Å². The van der Waals surface area contributed by atoms with Gasteiger partial charge in [-0.05, 0) is 12.8 Å². The van der Waals surface area contributed by atoms with E-state index in [1.165, 1.54) is 11.3 Å². The third kappa shape index (κ3) is 4.16. The molecule has 1 aromatic rings. The fraction of sp³-hybridized carbons (Fsp3) is 0.583. The number of halogens is 2. The lowest BCUT2D eigenvalue weighted by atomic mass is 10.1. The number of rotatable bonds is 6. The molecule has 0 aromatic carbocycles. The van der Waals surface area contributed by atoms with Crippen LogP contribution >= 0.6 is 34.5 Å². The predicted molar refractivity (Wildman–Crippen MR) is 75.4 cm³/mol. The van der Waals surface area contributed by atoms with Crippen molar-refractivity contribution in [2.24, 2.45) is 0 Å². The zero-order valence-corrected chi connectivity index (χ0v) is 12.4. The SMILES string of the molecule is CCCC(CCC)NC(=O)c1scc(Cl)c1Cl. The van der Waals surface area contributed by atoms with Crippen LogP contribution in [-0.2, 0) is 0 Å². The van der Waals surface area contributed by atoms with Crippen LogP contribution in [0.3, 0.4) is 0 Å². The van der Waals surface area contributed by atoms with Gasteiger partial charge in [0.1, 0.15) is 4.88 Å². The Morgan fingerprint density at radius 3 is 2.35 bits per heavy atom. The van der Waals surface area contributed by atoms with E-state index < -0.39 is 0 Å². The molecule has 0 saturated heterocycles. The van der Waals surface area contributed by atoms with Crippen molar-refractivity contribution in [3.8, 4) is 0 Å². The molecule has 0 atom stereocenters. The Morgan fingerprint density at radius 1 is 1.35 bits per heavy atom. The Kier molecular flexibility index (Phi) is 6.31. The van der Waals surface area contributed by atoms with Gasteiger partial charge in [-0.2, -0.15) is 0 Å². The van der Waals surface area contributed by atoms with Gasteiger partial charge in [0.15, 0.2) is 0 Å². The summed E-state index contributed by atoms with van der Waals surface area (Å²) in [6, 6.07) is 0.231. The van der Waals surface area contributed by atoms with E-state index in [-0.39, 0.29) is 11.9 Å². The maximum atomic E-state index is 12.0. The lowest BCUT2D eigenvalue weighted by Crippen LogP contribution is -2.34. The second-order valence-corrected chi connectivity index (χ2v) is 5.64. The number of amides is 1. The van der Waals surface area contributed by atoms with Gasteiger partial charge < -0.3 is 5.32 Å².